The summed E-state index contributed by atoms with van der Waals surface area (Å²) < 4.78 is 3.15. The first kappa shape index (κ1) is 13.7. The predicted octanol–water partition coefficient (Wildman–Crippen LogP) is 1.91. The zero-order valence-electron chi connectivity index (χ0n) is 12.9. The summed E-state index contributed by atoms with van der Waals surface area (Å²) in [6.07, 6.45) is 0. The first-order valence-corrected chi connectivity index (χ1v) is 7.73. The molecule has 0 spiro atoms. The number of hydrogen-bond acceptors (Lipinski definition) is 6. The molecule has 0 radical (unpaired) electrons. The first-order chi connectivity index (χ1) is 12.3. The molecule has 0 saturated heterocycles. The number of carbonyl (C=O) groups excluding carboxylic acids is 1. The van der Waals surface area contributed by atoms with Gasteiger partial charge in [0.1, 0.15) is 5.52 Å². The highest BCUT2D eigenvalue weighted by Crippen LogP contribution is 2.26. The maximum atomic E-state index is 12.7. The highest BCUT2D eigenvalue weighted by atomic mass is 16.1. The number of para-hydroxylation sites is 1. The van der Waals surface area contributed by atoms with Crippen LogP contribution in [0.2, 0.25) is 0 Å². The standard InChI is InChI=1S/C17H11N7O/c25-14(11-6-2-1-3-7-11)10-23-13-9-5-4-8-12(13)15-16(23)18-17-19-21-22-24(17)20-15/h1-9H,10H2. The minimum atomic E-state index is 0.00418. The maximum Gasteiger partial charge on any atom is 0.293 e. The van der Waals surface area contributed by atoms with Crippen LogP contribution in [0.4, 0.5) is 0 Å². The smallest absolute Gasteiger partial charge is 0.293 e. The largest absolute Gasteiger partial charge is 0.316 e. The van der Waals surface area contributed by atoms with Crippen LogP contribution >= 0.6 is 0 Å². The number of tetrazole rings is 1. The number of carbonyl (C=O) groups is 1. The number of fused-ring (bicyclic) bond motifs is 4. The van der Waals surface area contributed by atoms with Gasteiger partial charge in [-0.3, -0.25) is 4.79 Å². The summed E-state index contributed by atoms with van der Waals surface area (Å²) >= 11 is 0. The van der Waals surface area contributed by atoms with Gasteiger partial charge < -0.3 is 4.57 Å². The highest BCUT2D eigenvalue weighted by molar-refractivity contribution is 6.06. The van der Waals surface area contributed by atoms with Crippen LogP contribution in [0.5, 0.6) is 0 Å². The summed E-state index contributed by atoms with van der Waals surface area (Å²) in [7, 11) is 0. The maximum absolute atomic E-state index is 12.7. The number of benzene rings is 2. The molecule has 25 heavy (non-hydrogen) atoms. The van der Waals surface area contributed by atoms with Gasteiger partial charge in [0.15, 0.2) is 11.4 Å². The second-order valence-electron chi connectivity index (χ2n) is 5.64. The van der Waals surface area contributed by atoms with Crippen molar-refractivity contribution in [2.24, 2.45) is 0 Å². The minimum Gasteiger partial charge on any atom is -0.316 e. The van der Waals surface area contributed by atoms with E-state index >= 15 is 0 Å². The molecule has 8 heteroatoms. The van der Waals surface area contributed by atoms with Crippen LogP contribution < -0.4 is 0 Å². The molecule has 0 saturated carbocycles. The molecule has 0 bridgehead atoms. The Hall–Kier alpha value is -3.68. The summed E-state index contributed by atoms with van der Waals surface area (Å²) in [5.41, 5.74) is 2.80. The fraction of sp³-hybridized carbons (Fsp3) is 0.0588. The number of hydrogen-bond donors (Lipinski definition) is 0. The van der Waals surface area contributed by atoms with Crippen LogP contribution in [0, 0.1) is 0 Å². The van der Waals surface area contributed by atoms with Crippen molar-refractivity contribution in [2.75, 3.05) is 0 Å². The first-order valence-electron chi connectivity index (χ1n) is 7.73. The van der Waals surface area contributed by atoms with Crippen LogP contribution in [0.1, 0.15) is 10.4 Å². The van der Waals surface area contributed by atoms with E-state index in [1.54, 1.807) is 0 Å². The Balaban J connectivity index is 1.76. The van der Waals surface area contributed by atoms with Crippen LogP contribution in [0.15, 0.2) is 54.6 Å². The number of ketones is 1. The van der Waals surface area contributed by atoms with Crippen LogP contribution in [0.3, 0.4) is 0 Å². The van der Waals surface area contributed by atoms with E-state index in [0.29, 0.717) is 22.5 Å². The molecule has 2 aromatic carbocycles. The van der Waals surface area contributed by atoms with Gasteiger partial charge in [-0.1, -0.05) is 58.3 Å². The molecule has 8 nitrogen and oxygen atoms in total. The van der Waals surface area contributed by atoms with E-state index in [2.05, 4.69) is 25.6 Å². The number of rotatable bonds is 3. The van der Waals surface area contributed by atoms with E-state index in [-0.39, 0.29) is 12.3 Å². The van der Waals surface area contributed by atoms with Crippen LogP contribution in [0.25, 0.3) is 27.8 Å². The minimum absolute atomic E-state index is 0.00418. The second kappa shape index (κ2) is 5.17. The van der Waals surface area contributed by atoms with E-state index in [4.69, 9.17) is 0 Å². The molecule has 0 amide bonds. The molecule has 5 rings (SSSR count). The zero-order valence-corrected chi connectivity index (χ0v) is 12.9. The molecule has 0 aliphatic carbocycles. The fourth-order valence-corrected chi connectivity index (χ4v) is 3.00. The predicted molar refractivity (Wildman–Crippen MR) is 90.1 cm³/mol. The SMILES string of the molecule is O=C(Cn1c2ccccc2c2nn3nnnc3nc21)c1ccccc1. The fourth-order valence-electron chi connectivity index (χ4n) is 3.00. The molecule has 0 unspecified atom stereocenters. The lowest BCUT2D eigenvalue weighted by Crippen LogP contribution is -2.11. The van der Waals surface area contributed by atoms with Crippen molar-refractivity contribution in [3.63, 3.8) is 0 Å². The molecular weight excluding hydrogens is 318 g/mol. The summed E-state index contributed by atoms with van der Waals surface area (Å²) in [5, 5.41) is 16.6. The molecule has 3 aromatic heterocycles. The highest BCUT2D eigenvalue weighted by Gasteiger charge is 2.18. The van der Waals surface area contributed by atoms with Gasteiger partial charge in [0, 0.05) is 10.9 Å². The van der Waals surface area contributed by atoms with Crippen molar-refractivity contribution in [1.82, 2.24) is 34.8 Å². The van der Waals surface area contributed by atoms with E-state index < -0.39 is 0 Å². The van der Waals surface area contributed by atoms with Gasteiger partial charge >= 0.3 is 0 Å². The Morgan fingerprint density at radius 2 is 1.80 bits per heavy atom. The zero-order chi connectivity index (χ0) is 16.8. The molecule has 120 valence electrons. The van der Waals surface area contributed by atoms with Gasteiger partial charge in [-0.05, 0) is 16.5 Å². The Labute approximate surface area is 140 Å². The average Bonchev–Trinajstić information content (AvgIpc) is 3.24. The summed E-state index contributed by atoms with van der Waals surface area (Å²) in [6, 6.07) is 17.0. The molecule has 3 heterocycles. The van der Waals surface area contributed by atoms with Crippen molar-refractivity contribution in [3.05, 3.63) is 60.2 Å². The van der Waals surface area contributed by atoms with Gasteiger partial charge in [-0.15, -0.1) is 5.10 Å². The van der Waals surface area contributed by atoms with Crippen molar-refractivity contribution < 1.29 is 4.79 Å². The van der Waals surface area contributed by atoms with Crippen molar-refractivity contribution in [2.45, 2.75) is 6.54 Å². The molecule has 5 aromatic rings. The Bertz CT molecular complexity index is 1240. The molecular formula is C17H11N7O. The van der Waals surface area contributed by atoms with Gasteiger partial charge in [-0.25, -0.2) is 0 Å². The second-order valence-corrected chi connectivity index (χ2v) is 5.64. The molecule has 0 aliphatic heterocycles. The summed E-state index contributed by atoms with van der Waals surface area (Å²) in [5.74, 6) is 0.299. The van der Waals surface area contributed by atoms with Gasteiger partial charge in [0.25, 0.3) is 5.78 Å². The summed E-state index contributed by atoms with van der Waals surface area (Å²) in [6.45, 7) is 0.167. The van der Waals surface area contributed by atoms with Gasteiger partial charge in [0.2, 0.25) is 0 Å². The number of nitrogens with zero attached hydrogens (tertiary/aromatic N) is 7. The lowest BCUT2D eigenvalue weighted by Gasteiger charge is -2.06. The van der Waals surface area contributed by atoms with Gasteiger partial charge in [0.05, 0.1) is 12.1 Å². The Morgan fingerprint density at radius 1 is 1.00 bits per heavy atom. The van der Waals surface area contributed by atoms with Crippen LogP contribution in [-0.4, -0.2) is 40.6 Å². The number of aromatic nitrogens is 7. The quantitative estimate of drug-likeness (QED) is 0.470. The average molecular weight is 329 g/mol. The third kappa shape index (κ3) is 2.08. The third-order valence-corrected chi connectivity index (χ3v) is 4.15. The van der Waals surface area contributed by atoms with E-state index in [0.717, 1.165) is 10.9 Å². The van der Waals surface area contributed by atoms with Crippen molar-refractivity contribution in [3.8, 4) is 0 Å². The lowest BCUT2D eigenvalue weighted by atomic mass is 10.1. The van der Waals surface area contributed by atoms with Crippen molar-refractivity contribution >= 4 is 33.6 Å². The molecule has 0 N–H and O–H groups in total. The van der Waals surface area contributed by atoms with Gasteiger partial charge in [-0.2, -0.15) is 4.98 Å². The molecule has 0 atom stereocenters. The Kier molecular flexibility index (Phi) is 2.84. The van der Waals surface area contributed by atoms with Crippen molar-refractivity contribution in [1.29, 1.82) is 0 Å². The molecule has 0 fully saturated rings. The lowest BCUT2D eigenvalue weighted by molar-refractivity contribution is 0.0974. The topological polar surface area (TPSA) is 90.9 Å². The monoisotopic (exact) mass is 329 g/mol. The third-order valence-electron chi connectivity index (χ3n) is 4.15. The Morgan fingerprint density at radius 3 is 2.68 bits per heavy atom. The number of Topliss-reactive ketones (excluding diaryl/α,β-unsaturated/α-hetero) is 1. The normalized spacial score (nSPS) is 11.5. The molecule has 0 aliphatic rings. The van der Waals surface area contributed by atoms with E-state index in [1.165, 1.54) is 4.63 Å². The van der Waals surface area contributed by atoms with Crippen LogP contribution in [-0.2, 0) is 6.54 Å². The van der Waals surface area contributed by atoms with E-state index in [1.807, 2.05) is 59.2 Å². The summed E-state index contributed by atoms with van der Waals surface area (Å²) in [4.78, 5) is 17.2. The van der Waals surface area contributed by atoms with E-state index in [9.17, 15) is 4.79 Å².